The van der Waals surface area contributed by atoms with E-state index in [0.29, 0.717) is 0 Å². The first-order valence-electron chi connectivity index (χ1n) is 7.70. The zero-order valence-electron chi connectivity index (χ0n) is 11.3. The third-order valence-electron chi connectivity index (χ3n) is 5.41. The average Bonchev–Trinajstić information content (AvgIpc) is 2.40. The molecule has 0 aromatic carbocycles. The Balaban J connectivity index is 1.72. The molecule has 0 N–H and O–H groups in total. The highest BCUT2D eigenvalue weighted by Gasteiger charge is 2.30. The normalized spacial score (nSPS) is 38.6. The predicted octanol–water partition coefficient (Wildman–Crippen LogP) is 4.92. The van der Waals surface area contributed by atoms with E-state index in [0.717, 1.165) is 30.1 Å². The van der Waals surface area contributed by atoms with E-state index in [1.54, 1.807) is 0 Å². The van der Waals surface area contributed by atoms with Gasteiger partial charge in [0.05, 0.1) is 6.07 Å². The molecule has 17 heavy (non-hydrogen) atoms. The zero-order chi connectivity index (χ0) is 12.1. The van der Waals surface area contributed by atoms with E-state index >= 15 is 0 Å². The molecule has 0 aromatic heterocycles. The molecule has 0 saturated heterocycles. The number of nitrogens with zero attached hydrogens (tertiary/aromatic N) is 1. The quantitative estimate of drug-likeness (QED) is 0.678. The molecule has 0 heterocycles. The van der Waals surface area contributed by atoms with E-state index in [1.165, 1.54) is 57.8 Å². The Bertz CT molecular complexity index is 249. The highest BCUT2D eigenvalue weighted by Crippen LogP contribution is 2.42. The van der Waals surface area contributed by atoms with Crippen LogP contribution in [0.25, 0.3) is 0 Å². The fourth-order valence-electron chi connectivity index (χ4n) is 4.06. The van der Waals surface area contributed by atoms with Gasteiger partial charge in [0, 0.05) is 6.42 Å². The third-order valence-corrected chi connectivity index (χ3v) is 5.41. The smallest absolute Gasteiger partial charge is 0.0624 e. The molecular weight excluding hydrogens is 206 g/mol. The molecule has 0 spiro atoms. The lowest BCUT2D eigenvalue weighted by molar-refractivity contribution is 0.146. The highest BCUT2D eigenvalue weighted by atomic mass is 14.4. The second-order valence-corrected chi connectivity index (χ2v) is 6.33. The standard InChI is InChI=1S/C16H27N/c1-2-13-3-7-15(8-4-13)16-9-5-14(6-10-16)11-12-17/h13-16H,2-11H2,1H3. The van der Waals surface area contributed by atoms with Gasteiger partial charge in [-0.2, -0.15) is 5.26 Å². The van der Waals surface area contributed by atoms with Gasteiger partial charge >= 0.3 is 0 Å². The molecule has 96 valence electrons. The second kappa shape index (κ2) is 6.43. The van der Waals surface area contributed by atoms with E-state index in [-0.39, 0.29) is 0 Å². The van der Waals surface area contributed by atoms with Crippen LogP contribution in [0.5, 0.6) is 0 Å². The molecule has 0 atom stereocenters. The van der Waals surface area contributed by atoms with Crippen molar-refractivity contribution in [1.29, 1.82) is 5.26 Å². The SMILES string of the molecule is CCC1CCC(C2CCC(CC#N)CC2)CC1. The van der Waals surface area contributed by atoms with Gasteiger partial charge in [0.1, 0.15) is 0 Å². The molecule has 1 nitrogen and oxygen atoms in total. The number of hydrogen-bond donors (Lipinski definition) is 0. The molecule has 0 radical (unpaired) electrons. The Morgan fingerprint density at radius 3 is 1.71 bits per heavy atom. The number of rotatable bonds is 3. The lowest BCUT2D eigenvalue weighted by atomic mass is 9.68. The van der Waals surface area contributed by atoms with Crippen molar-refractivity contribution >= 4 is 0 Å². The summed E-state index contributed by atoms with van der Waals surface area (Å²) in [6, 6.07) is 2.35. The largest absolute Gasteiger partial charge is 0.198 e. The summed E-state index contributed by atoms with van der Waals surface area (Å²) in [4.78, 5) is 0. The fourth-order valence-corrected chi connectivity index (χ4v) is 4.06. The molecule has 0 bridgehead atoms. The van der Waals surface area contributed by atoms with E-state index in [4.69, 9.17) is 5.26 Å². The summed E-state index contributed by atoms with van der Waals surface area (Å²) >= 11 is 0. The molecular formula is C16H27N. The van der Waals surface area contributed by atoms with Crippen LogP contribution in [0.1, 0.15) is 71.1 Å². The predicted molar refractivity (Wildman–Crippen MR) is 71.4 cm³/mol. The van der Waals surface area contributed by atoms with Gasteiger partial charge in [-0.25, -0.2) is 0 Å². The van der Waals surface area contributed by atoms with E-state index in [2.05, 4.69) is 13.0 Å². The molecule has 2 saturated carbocycles. The van der Waals surface area contributed by atoms with Crippen molar-refractivity contribution in [3.63, 3.8) is 0 Å². The highest BCUT2D eigenvalue weighted by molar-refractivity contribution is 4.84. The maximum absolute atomic E-state index is 8.74. The van der Waals surface area contributed by atoms with Gasteiger partial charge in [0.15, 0.2) is 0 Å². The van der Waals surface area contributed by atoms with Gasteiger partial charge in [0.25, 0.3) is 0 Å². The summed E-state index contributed by atoms with van der Waals surface area (Å²) < 4.78 is 0. The van der Waals surface area contributed by atoms with E-state index in [9.17, 15) is 0 Å². The molecule has 2 fully saturated rings. The van der Waals surface area contributed by atoms with Crippen molar-refractivity contribution in [2.24, 2.45) is 23.7 Å². The third kappa shape index (κ3) is 3.47. The van der Waals surface area contributed by atoms with Gasteiger partial charge in [-0.05, 0) is 62.2 Å². The summed E-state index contributed by atoms with van der Waals surface area (Å²) in [6.07, 6.45) is 13.6. The number of nitriles is 1. The van der Waals surface area contributed by atoms with Crippen LogP contribution in [-0.4, -0.2) is 0 Å². The summed E-state index contributed by atoms with van der Waals surface area (Å²) in [5, 5.41) is 8.74. The van der Waals surface area contributed by atoms with Crippen LogP contribution in [0.2, 0.25) is 0 Å². The Morgan fingerprint density at radius 2 is 1.29 bits per heavy atom. The van der Waals surface area contributed by atoms with Crippen LogP contribution >= 0.6 is 0 Å². The van der Waals surface area contributed by atoms with Crippen molar-refractivity contribution in [3.05, 3.63) is 0 Å². The van der Waals surface area contributed by atoms with Gasteiger partial charge in [-0.3, -0.25) is 0 Å². The lowest BCUT2D eigenvalue weighted by Crippen LogP contribution is -2.25. The molecule has 0 aromatic rings. The first-order valence-corrected chi connectivity index (χ1v) is 7.70. The Kier molecular flexibility index (Phi) is 4.89. The van der Waals surface area contributed by atoms with Crippen LogP contribution in [-0.2, 0) is 0 Å². The molecule has 0 amide bonds. The second-order valence-electron chi connectivity index (χ2n) is 6.33. The molecule has 2 aliphatic rings. The molecule has 2 aliphatic carbocycles. The van der Waals surface area contributed by atoms with Crippen LogP contribution in [0, 0.1) is 35.0 Å². The van der Waals surface area contributed by atoms with E-state index in [1.807, 2.05) is 0 Å². The summed E-state index contributed by atoms with van der Waals surface area (Å²) in [7, 11) is 0. The van der Waals surface area contributed by atoms with Crippen LogP contribution in [0.3, 0.4) is 0 Å². The minimum Gasteiger partial charge on any atom is -0.198 e. The van der Waals surface area contributed by atoms with Crippen molar-refractivity contribution in [2.75, 3.05) is 0 Å². The molecule has 2 rings (SSSR count). The van der Waals surface area contributed by atoms with Gasteiger partial charge in [0.2, 0.25) is 0 Å². The van der Waals surface area contributed by atoms with Crippen molar-refractivity contribution < 1.29 is 0 Å². The fraction of sp³-hybridized carbons (Fsp3) is 0.938. The minimum absolute atomic E-state index is 0.725. The average molecular weight is 233 g/mol. The van der Waals surface area contributed by atoms with Crippen molar-refractivity contribution in [3.8, 4) is 6.07 Å². The Hall–Kier alpha value is -0.510. The van der Waals surface area contributed by atoms with Crippen molar-refractivity contribution in [2.45, 2.75) is 71.1 Å². The van der Waals surface area contributed by atoms with Crippen molar-refractivity contribution in [1.82, 2.24) is 0 Å². The molecule has 0 unspecified atom stereocenters. The molecule has 0 aliphatic heterocycles. The topological polar surface area (TPSA) is 23.8 Å². The van der Waals surface area contributed by atoms with Gasteiger partial charge in [-0.1, -0.05) is 26.2 Å². The minimum atomic E-state index is 0.725. The number of hydrogen-bond acceptors (Lipinski definition) is 1. The zero-order valence-corrected chi connectivity index (χ0v) is 11.3. The maximum atomic E-state index is 8.74. The Morgan fingerprint density at radius 1 is 0.824 bits per heavy atom. The summed E-state index contributed by atoms with van der Waals surface area (Å²) in [5.41, 5.74) is 0. The monoisotopic (exact) mass is 233 g/mol. The summed E-state index contributed by atoms with van der Waals surface area (Å²) in [5.74, 6) is 3.79. The van der Waals surface area contributed by atoms with Gasteiger partial charge < -0.3 is 0 Å². The van der Waals surface area contributed by atoms with Crippen LogP contribution < -0.4 is 0 Å². The van der Waals surface area contributed by atoms with Crippen LogP contribution in [0.15, 0.2) is 0 Å². The lowest BCUT2D eigenvalue weighted by Gasteiger charge is -2.37. The van der Waals surface area contributed by atoms with Gasteiger partial charge in [-0.15, -0.1) is 0 Å². The first-order chi connectivity index (χ1) is 8.33. The van der Waals surface area contributed by atoms with E-state index < -0.39 is 0 Å². The maximum Gasteiger partial charge on any atom is 0.0624 e. The van der Waals surface area contributed by atoms with Crippen LogP contribution in [0.4, 0.5) is 0 Å². The Labute approximate surface area is 107 Å². The first kappa shape index (κ1) is 12.9. The molecule has 1 heteroatoms. The summed E-state index contributed by atoms with van der Waals surface area (Å²) in [6.45, 7) is 2.35.